The van der Waals surface area contributed by atoms with Crippen LogP contribution in [-0.4, -0.2) is 26.1 Å². The topological polar surface area (TPSA) is 58.9 Å². The van der Waals surface area contributed by atoms with E-state index in [0.717, 1.165) is 16.5 Å². The molecule has 0 unspecified atom stereocenters. The van der Waals surface area contributed by atoms with Crippen LogP contribution in [0.4, 0.5) is 0 Å². The maximum atomic E-state index is 4.16. The van der Waals surface area contributed by atoms with Gasteiger partial charge in [0, 0.05) is 22.7 Å². The zero-order valence-corrected chi connectivity index (χ0v) is 8.41. The Hall–Kier alpha value is -2.43. The average molecular weight is 211 g/mol. The van der Waals surface area contributed by atoms with Gasteiger partial charge in [-0.3, -0.25) is 0 Å². The lowest BCUT2D eigenvalue weighted by Gasteiger charge is -1.90. The lowest BCUT2D eigenvalue weighted by Crippen LogP contribution is -1.89. The van der Waals surface area contributed by atoms with E-state index in [1.165, 1.54) is 11.1 Å². The first kappa shape index (κ1) is 8.84. The molecule has 1 aromatic carbocycles. The molecule has 1 N–H and O–H groups in total. The van der Waals surface area contributed by atoms with Gasteiger partial charge >= 0.3 is 0 Å². The van der Waals surface area contributed by atoms with Crippen molar-refractivity contribution in [3.63, 3.8) is 0 Å². The molecule has 0 aliphatic carbocycles. The van der Waals surface area contributed by atoms with Crippen LogP contribution in [0.15, 0.2) is 48.2 Å². The minimum absolute atomic E-state index is 1.03. The molecule has 2 aromatic heterocycles. The van der Waals surface area contributed by atoms with Gasteiger partial charge in [-0.15, -0.1) is 9.89 Å². The Labute approximate surface area is 91.4 Å². The lowest BCUT2D eigenvalue weighted by molar-refractivity contribution is 0.743. The van der Waals surface area contributed by atoms with Gasteiger partial charge in [0.2, 0.25) is 0 Å². The van der Waals surface area contributed by atoms with Crippen molar-refractivity contribution in [1.29, 1.82) is 0 Å². The summed E-state index contributed by atoms with van der Waals surface area (Å²) in [4.78, 5) is 8.41. The van der Waals surface area contributed by atoms with E-state index >= 15 is 0 Å². The second-order valence-electron chi connectivity index (χ2n) is 3.35. The molecule has 16 heavy (non-hydrogen) atoms. The number of hydrogen-bond acceptors (Lipinski definition) is 3. The third kappa shape index (κ3) is 1.48. The Balaban J connectivity index is 2.01. The molecule has 78 valence electrons. The first-order valence-corrected chi connectivity index (χ1v) is 4.88. The minimum atomic E-state index is 1.03. The van der Waals surface area contributed by atoms with E-state index in [4.69, 9.17) is 0 Å². The number of rotatable bonds is 2. The van der Waals surface area contributed by atoms with Crippen molar-refractivity contribution in [2.24, 2.45) is 5.10 Å². The Morgan fingerprint density at radius 3 is 3.12 bits per heavy atom. The van der Waals surface area contributed by atoms with Gasteiger partial charge in [0.15, 0.2) is 0 Å². The van der Waals surface area contributed by atoms with Crippen molar-refractivity contribution < 1.29 is 0 Å². The highest BCUT2D eigenvalue weighted by Gasteiger charge is 1.99. The molecule has 0 saturated heterocycles. The lowest BCUT2D eigenvalue weighted by atomic mass is 10.2. The molecule has 3 aromatic rings. The van der Waals surface area contributed by atoms with Crippen molar-refractivity contribution in [3.05, 3.63) is 48.7 Å². The predicted octanol–water partition coefficient (Wildman–Crippen LogP) is 1.64. The number of aromatic nitrogens is 4. The summed E-state index contributed by atoms with van der Waals surface area (Å²) in [5, 5.41) is 9.19. The van der Waals surface area contributed by atoms with Gasteiger partial charge in [0.05, 0.1) is 6.21 Å². The SMILES string of the molecule is C(=N/n1cncn1)/c1c[nH]c2ccccc12. The van der Waals surface area contributed by atoms with Gasteiger partial charge in [-0.2, -0.15) is 5.10 Å². The molecule has 0 atom stereocenters. The van der Waals surface area contributed by atoms with E-state index in [1.54, 1.807) is 12.5 Å². The molecule has 0 bridgehead atoms. The normalized spacial score (nSPS) is 11.5. The van der Waals surface area contributed by atoms with Crippen molar-refractivity contribution in [2.45, 2.75) is 0 Å². The van der Waals surface area contributed by atoms with Crippen molar-refractivity contribution in [2.75, 3.05) is 0 Å². The number of nitrogens with one attached hydrogen (secondary N) is 1. The van der Waals surface area contributed by atoms with Crippen LogP contribution in [0.1, 0.15) is 5.56 Å². The number of hydrogen-bond donors (Lipinski definition) is 1. The molecule has 0 amide bonds. The average Bonchev–Trinajstić information content (AvgIpc) is 2.96. The smallest absolute Gasteiger partial charge is 0.139 e. The number of benzene rings is 1. The second kappa shape index (κ2) is 3.62. The molecule has 3 rings (SSSR count). The third-order valence-corrected chi connectivity index (χ3v) is 2.34. The summed E-state index contributed by atoms with van der Waals surface area (Å²) in [6.07, 6.45) is 6.68. The zero-order valence-electron chi connectivity index (χ0n) is 8.41. The van der Waals surface area contributed by atoms with E-state index in [-0.39, 0.29) is 0 Å². The van der Waals surface area contributed by atoms with Gasteiger partial charge in [0.1, 0.15) is 12.7 Å². The van der Waals surface area contributed by atoms with E-state index in [2.05, 4.69) is 26.2 Å². The van der Waals surface area contributed by atoms with Gasteiger partial charge < -0.3 is 4.98 Å². The molecule has 0 aliphatic rings. The summed E-state index contributed by atoms with van der Waals surface area (Å²) in [6.45, 7) is 0. The van der Waals surface area contributed by atoms with Crippen LogP contribution in [0.2, 0.25) is 0 Å². The standard InChI is InChI=1S/C11H9N5/c1-2-4-11-10(3-1)9(5-13-11)6-14-16-8-12-7-15-16/h1-8,13H/b14-6-. The number of aromatic amines is 1. The van der Waals surface area contributed by atoms with Crippen LogP contribution in [0, 0.1) is 0 Å². The van der Waals surface area contributed by atoms with E-state index in [1.807, 2.05) is 24.4 Å². The molecule has 5 heteroatoms. The highest BCUT2D eigenvalue weighted by molar-refractivity contribution is 5.98. The van der Waals surface area contributed by atoms with Crippen LogP contribution in [0.3, 0.4) is 0 Å². The summed E-state index contributed by atoms with van der Waals surface area (Å²) in [7, 11) is 0. The molecule has 0 aliphatic heterocycles. The summed E-state index contributed by atoms with van der Waals surface area (Å²) >= 11 is 0. The van der Waals surface area contributed by atoms with Crippen LogP contribution in [-0.2, 0) is 0 Å². The van der Waals surface area contributed by atoms with Gasteiger partial charge in [-0.25, -0.2) is 4.98 Å². The van der Waals surface area contributed by atoms with Crippen molar-refractivity contribution in [3.8, 4) is 0 Å². The Bertz CT molecular complexity index is 621. The summed E-state index contributed by atoms with van der Waals surface area (Å²) in [6, 6.07) is 8.08. The molecular formula is C11H9N5. The van der Waals surface area contributed by atoms with Crippen LogP contribution >= 0.6 is 0 Å². The molecular weight excluding hydrogens is 202 g/mol. The molecule has 0 radical (unpaired) electrons. The van der Waals surface area contributed by atoms with Crippen LogP contribution < -0.4 is 0 Å². The third-order valence-electron chi connectivity index (χ3n) is 2.34. The first-order chi connectivity index (χ1) is 7.93. The number of para-hydroxylation sites is 1. The van der Waals surface area contributed by atoms with E-state index < -0.39 is 0 Å². The molecule has 5 nitrogen and oxygen atoms in total. The molecule has 0 saturated carbocycles. The fourth-order valence-corrected chi connectivity index (χ4v) is 1.58. The molecule has 0 spiro atoms. The number of fused-ring (bicyclic) bond motifs is 1. The monoisotopic (exact) mass is 211 g/mol. The van der Waals surface area contributed by atoms with Crippen LogP contribution in [0.5, 0.6) is 0 Å². The Kier molecular flexibility index (Phi) is 2.00. The fraction of sp³-hybridized carbons (Fsp3) is 0. The maximum Gasteiger partial charge on any atom is 0.139 e. The number of H-pyrrole nitrogens is 1. The fourth-order valence-electron chi connectivity index (χ4n) is 1.58. The largest absolute Gasteiger partial charge is 0.361 e. The second-order valence-corrected chi connectivity index (χ2v) is 3.35. The van der Waals surface area contributed by atoms with Crippen molar-refractivity contribution in [1.82, 2.24) is 19.9 Å². The highest BCUT2D eigenvalue weighted by atomic mass is 15.5. The van der Waals surface area contributed by atoms with E-state index in [9.17, 15) is 0 Å². The first-order valence-electron chi connectivity index (χ1n) is 4.88. The summed E-state index contributed by atoms with van der Waals surface area (Å²) < 4.78 is 0. The van der Waals surface area contributed by atoms with Gasteiger partial charge in [-0.05, 0) is 6.07 Å². The predicted molar refractivity (Wildman–Crippen MR) is 61.3 cm³/mol. The highest BCUT2D eigenvalue weighted by Crippen LogP contribution is 2.15. The Morgan fingerprint density at radius 2 is 2.25 bits per heavy atom. The van der Waals surface area contributed by atoms with Gasteiger partial charge in [-0.1, -0.05) is 18.2 Å². The minimum Gasteiger partial charge on any atom is -0.361 e. The quantitative estimate of drug-likeness (QED) is 0.655. The summed E-state index contributed by atoms with van der Waals surface area (Å²) in [5.41, 5.74) is 2.13. The van der Waals surface area contributed by atoms with Crippen molar-refractivity contribution >= 4 is 17.1 Å². The zero-order chi connectivity index (χ0) is 10.8. The van der Waals surface area contributed by atoms with Crippen LogP contribution in [0.25, 0.3) is 10.9 Å². The van der Waals surface area contributed by atoms with E-state index in [0.29, 0.717) is 0 Å². The number of nitrogens with zero attached hydrogens (tertiary/aromatic N) is 4. The maximum absolute atomic E-state index is 4.16. The molecule has 0 fully saturated rings. The molecule has 2 heterocycles. The summed E-state index contributed by atoms with van der Waals surface area (Å²) in [5.74, 6) is 0. The van der Waals surface area contributed by atoms with Gasteiger partial charge in [0.25, 0.3) is 0 Å². The Morgan fingerprint density at radius 1 is 1.31 bits per heavy atom.